The number of carbonyl (C=O) groups excluding carboxylic acids is 2. The van der Waals surface area contributed by atoms with Crippen molar-refractivity contribution in [2.45, 2.75) is 69.6 Å². The highest BCUT2D eigenvalue weighted by molar-refractivity contribution is 6.31. The van der Waals surface area contributed by atoms with Crippen molar-refractivity contribution >= 4 is 35.1 Å². The Labute approximate surface area is 236 Å². The van der Waals surface area contributed by atoms with Crippen LogP contribution < -0.4 is 11.1 Å². The standard InChI is InChI=1S/C28H31Cl2F2N3O4/c1-4-27(2,3)12-21-28(14-33,18-9-8-15(29)10-20(18)31)23(17-6-5-7-19(30)24(17)32)25(35-21)26(38)39-13-16(36)11-22(34)37/h5-10,16,21,23,25,35-36H,4,11-13H2,1-3H3,(H2,34,37)/t16-,21-,23-,25+,28-/m0/s1. The summed E-state index contributed by atoms with van der Waals surface area (Å²) in [4.78, 5) is 24.6. The van der Waals surface area contributed by atoms with E-state index in [0.717, 1.165) is 6.07 Å². The van der Waals surface area contributed by atoms with Crippen LogP contribution in [0.3, 0.4) is 0 Å². The number of halogens is 4. The van der Waals surface area contributed by atoms with Gasteiger partial charge < -0.3 is 15.6 Å². The number of aliphatic hydroxyl groups excluding tert-OH is 1. The zero-order valence-corrected chi connectivity index (χ0v) is 23.3. The third-order valence-corrected chi connectivity index (χ3v) is 7.98. The fourth-order valence-corrected chi connectivity index (χ4v) is 5.52. The molecule has 0 aliphatic carbocycles. The van der Waals surface area contributed by atoms with Crippen molar-refractivity contribution in [1.29, 1.82) is 5.26 Å². The van der Waals surface area contributed by atoms with Crippen LogP contribution in [0.5, 0.6) is 0 Å². The first kappa shape index (κ1) is 30.8. The van der Waals surface area contributed by atoms with E-state index in [1.54, 1.807) is 0 Å². The molecule has 2 aromatic rings. The lowest BCUT2D eigenvalue weighted by atomic mass is 9.62. The molecule has 1 heterocycles. The maximum absolute atomic E-state index is 15.6. The Morgan fingerprint density at radius 2 is 1.97 bits per heavy atom. The minimum atomic E-state index is -1.80. The normalized spacial score (nSPS) is 23.7. The average molecular weight is 582 g/mol. The van der Waals surface area contributed by atoms with Gasteiger partial charge in [-0.05, 0) is 35.6 Å². The number of carbonyl (C=O) groups is 2. The Bertz CT molecular complexity index is 1290. The Kier molecular flexibility index (Phi) is 9.60. The maximum Gasteiger partial charge on any atom is 0.323 e. The molecule has 4 N–H and O–H groups in total. The van der Waals surface area contributed by atoms with Crippen LogP contribution in [0.2, 0.25) is 10.0 Å². The van der Waals surface area contributed by atoms with Crippen molar-refractivity contribution in [1.82, 2.24) is 5.32 Å². The second kappa shape index (κ2) is 12.2. The van der Waals surface area contributed by atoms with Crippen molar-refractivity contribution in [3.8, 4) is 6.07 Å². The summed E-state index contributed by atoms with van der Waals surface area (Å²) in [6, 6.07) is 8.12. The van der Waals surface area contributed by atoms with Crippen LogP contribution in [-0.2, 0) is 19.7 Å². The molecule has 5 atom stereocenters. The van der Waals surface area contributed by atoms with Gasteiger partial charge in [-0.1, -0.05) is 68.6 Å². The summed E-state index contributed by atoms with van der Waals surface area (Å²) in [6.45, 7) is 5.34. The van der Waals surface area contributed by atoms with Crippen LogP contribution >= 0.6 is 23.2 Å². The number of ether oxygens (including phenoxy) is 1. The third-order valence-electron chi connectivity index (χ3n) is 7.46. The second-order valence-electron chi connectivity index (χ2n) is 10.6. The van der Waals surface area contributed by atoms with E-state index in [9.17, 15) is 20.0 Å². The molecule has 0 aromatic heterocycles. The molecule has 3 rings (SSSR count). The first-order valence-electron chi connectivity index (χ1n) is 12.5. The molecule has 0 radical (unpaired) electrons. The predicted molar refractivity (Wildman–Crippen MR) is 143 cm³/mol. The number of esters is 1. The molecule has 1 aliphatic rings. The van der Waals surface area contributed by atoms with Crippen molar-refractivity contribution in [2.75, 3.05) is 6.61 Å². The smallest absolute Gasteiger partial charge is 0.323 e. The number of hydrogen-bond acceptors (Lipinski definition) is 6. The SMILES string of the molecule is CCC(C)(C)C[C@@H]1N[C@@H](C(=O)OC[C@@H](O)CC(N)=O)[C@H](c2cccc(Cl)c2F)[C@@]1(C#N)c1ccc(Cl)cc1F. The first-order chi connectivity index (χ1) is 18.3. The summed E-state index contributed by atoms with van der Waals surface area (Å²) in [5.74, 6) is -4.66. The lowest BCUT2D eigenvalue weighted by Gasteiger charge is -2.38. The molecule has 39 heavy (non-hydrogen) atoms. The molecule has 210 valence electrons. The quantitative estimate of drug-likeness (QED) is 0.347. The number of nitrogens with zero attached hydrogens (tertiary/aromatic N) is 1. The number of rotatable bonds is 10. The maximum atomic E-state index is 15.6. The number of aliphatic hydroxyl groups is 1. The number of amides is 1. The van der Waals surface area contributed by atoms with Gasteiger partial charge in [-0.15, -0.1) is 0 Å². The molecule has 11 heteroatoms. The molecule has 1 fully saturated rings. The van der Waals surface area contributed by atoms with E-state index >= 15 is 8.78 Å². The molecule has 1 amide bonds. The van der Waals surface area contributed by atoms with Crippen molar-refractivity contribution < 1.29 is 28.2 Å². The van der Waals surface area contributed by atoms with E-state index in [-0.39, 0.29) is 26.6 Å². The molecule has 1 saturated heterocycles. The number of nitrogens with one attached hydrogen (secondary N) is 1. The number of nitriles is 1. The molecule has 0 saturated carbocycles. The summed E-state index contributed by atoms with van der Waals surface area (Å²) < 4.78 is 36.5. The molecule has 7 nitrogen and oxygen atoms in total. The van der Waals surface area contributed by atoms with Gasteiger partial charge in [-0.2, -0.15) is 5.26 Å². The largest absolute Gasteiger partial charge is 0.462 e. The highest BCUT2D eigenvalue weighted by atomic mass is 35.5. The zero-order valence-electron chi connectivity index (χ0n) is 21.8. The van der Waals surface area contributed by atoms with Crippen LogP contribution in [0.4, 0.5) is 8.78 Å². The van der Waals surface area contributed by atoms with Crippen molar-refractivity contribution in [3.05, 3.63) is 69.2 Å². The van der Waals surface area contributed by atoms with E-state index in [1.165, 1.54) is 30.3 Å². The van der Waals surface area contributed by atoms with E-state index < -0.39 is 66.1 Å². The first-order valence-corrected chi connectivity index (χ1v) is 13.2. The Balaban J connectivity index is 2.25. The molecule has 0 bridgehead atoms. The second-order valence-corrected chi connectivity index (χ2v) is 11.4. The molecular weight excluding hydrogens is 551 g/mol. The van der Waals surface area contributed by atoms with Crippen LogP contribution in [0.15, 0.2) is 36.4 Å². The lowest BCUT2D eigenvalue weighted by Crippen LogP contribution is -2.45. The van der Waals surface area contributed by atoms with Gasteiger partial charge in [0.15, 0.2) is 0 Å². The highest BCUT2D eigenvalue weighted by Gasteiger charge is 2.61. The Hall–Kier alpha value is -2.77. The lowest BCUT2D eigenvalue weighted by molar-refractivity contribution is -0.150. The van der Waals surface area contributed by atoms with Gasteiger partial charge in [0.2, 0.25) is 5.91 Å². The van der Waals surface area contributed by atoms with Gasteiger partial charge in [-0.3, -0.25) is 14.9 Å². The average Bonchev–Trinajstić information content (AvgIpc) is 3.17. The summed E-state index contributed by atoms with van der Waals surface area (Å²) in [5, 5.41) is 23.8. The summed E-state index contributed by atoms with van der Waals surface area (Å²) in [7, 11) is 0. The van der Waals surface area contributed by atoms with Gasteiger partial charge in [0.05, 0.1) is 23.6 Å². The topological polar surface area (TPSA) is 125 Å². The Morgan fingerprint density at radius 3 is 2.56 bits per heavy atom. The van der Waals surface area contributed by atoms with Crippen LogP contribution in [0, 0.1) is 28.4 Å². The Morgan fingerprint density at radius 1 is 1.28 bits per heavy atom. The molecule has 1 aliphatic heterocycles. The molecule has 2 aromatic carbocycles. The van der Waals surface area contributed by atoms with E-state index in [2.05, 4.69) is 11.4 Å². The number of nitrogens with two attached hydrogens (primary N) is 1. The van der Waals surface area contributed by atoms with Gasteiger partial charge in [0.25, 0.3) is 0 Å². The van der Waals surface area contributed by atoms with Crippen LogP contribution in [-0.4, -0.2) is 41.8 Å². The summed E-state index contributed by atoms with van der Waals surface area (Å²) in [6.07, 6.45) is -0.798. The van der Waals surface area contributed by atoms with Crippen LogP contribution in [0.25, 0.3) is 0 Å². The predicted octanol–water partition coefficient (Wildman–Crippen LogP) is 4.76. The summed E-state index contributed by atoms with van der Waals surface area (Å²) >= 11 is 12.1. The fourth-order valence-electron chi connectivity index (χ4n) is 5.18. The molecule has 0 spiro atoms. The van der Waals surface area contributed by atoms with Gasteiger partial charge >= 0.3 is 5.97 Å². The molecular formula is C28H31Cl2F2N3O4. The molecule has 0 unspecified atom stereocenters. The zero-order chi connectivity index (χ0) is 29.1. The minimum Gasteiger partial charge on any atom is -0.462 e. The monoisotopic (exact) mass is 581 g/mol. The summed E-state index contributed by atoms with van der Waals surface area (Å²) in [5.41, 5.74) is 2.78. The number of benzene rings is 2. The fraction of sp³-hybridized carbons (Fsp3) is 0.464. The van der Waals surface area contributed by atoms with E-state index in [4.69, 9.17) is 33.7 Å². The van der Waals surface area contributed by atoms with Gasteiger partial charge in [0.1, 0.15) is 29.7 Å². The van der Waals surface area contributed by atoms with Crippen LogP contribution in [0.1, 0.15) is 57.1 Å². The van der Waals surface area contributed by atoms with Crippen molar-refractivity contribution in [2.24, 2.45) is 11.1 Å². The van der Waals surface area contributed by atoms with E-state index in [0.29, 0.717) is 12.8 Å². The van der Waals surface area contributed by atoms with Crippen molar-refractivity contribution in [3.63, 3.8) is 0 Å². The highest BCUT2D eigenvalue weighted by Crippen LogP contribution is 2.53. The third kappa shape index (κ3) is 6.36. The number of primary amides is 1. The van der Waals surface area contributed by atoms with Gasteiger partial charge in [0, 0.05) is 22.5 Å². The number of hydrogen-bond donors (Lipinski definition) is 3. The van der Waals surface area contributed by atoms with E-state index in [1.807, 2.05) is 20.8 Å². The van der Waals surface area contributed by atoms with Gasteiger partial charge in [-0.25, -0.2) is 8.78 Å². The minimum absolute atomic E-state index is 0.0627.